The molecule has 6 nitrogen and oxygen atoms in total. The number of sulfonamides is 1. The number of halogens is 1. The van der Waals surface area contributed by atoms with E-state index in [9.17, 15) is 13.2 Å². The largest absolute Gasteiger partial charge is 0.497 e. The predicted octanol–water partition coefficient (Wildman–Crippen LogP) is 4.71. The Morgan fingerprint density at radius 1 is 0.966 bits per heavy atom. The van der Waals surface area contributed by atoms with Gasteiger partial charge in [0.15, 0.2) is 0 Å². The summed E-state index contributed by atoms with van der Waals surface area (Å²) in [4.78, 5) is 12.5. The second-order valence-corrected chi connectivity index (χ2v) is 8.37. The van der Waals surface area contributed by atoms with E-state index in [0.717, 1.165) is 0 Å². The number of aryl methyl sites for hydroxylation is 1. The van der Waals surface area contributed by atoms with Crippen molar-refractivity contribution in [2.24, 2.45) is 0 Å². The molecule has 8 heteroatoms. The summed E-state index contributed by atoms with van der Waals surface area (Å²) in [5.41, 5.74) is 1.68. The normalized spacial score (nSPS) is 11.0. The predicted molar refractivity (Wildman–Crippen MR) is 114 cm³/mol. The number of ether oxygens (including phenoxy) is 1. The van der Waals surface area contributed by atoms with Crippen molar-refractivity contribution in [3.63, 3.8) is 0 Å². The van der Waals surface area contributed by atoms with Crippen LogP contribution in [0.15, 0.2) is 71.6 Å². The Morgan fingerprint density at radius 3 is 2.34 bits per heavy atom. The fraction of sp³-hybridized carbons (Fsp3) is 0.0952. The fourth-order valence-electron chi connectivity index (χ4n) is 2.68. The van der Waals surface area contributed by atoms with Crippen molar-refractivity contribution in [3.05, 3.63) is 82.9 Å². The number of amides is 1. The third kappa shape index (κ3) is 5.07. The molecule has 0 atom stereocenters. The zero-order chi connectivity index (χ0) is 21.0. The number of nitrogens with one attached hydrogen (secondary N) is 2. The first-order valence-electron chi connectivity index (χ1n) is 8.63. The molecule has 0 aliphatic rings. The second-order valence-electron chi connectivity index (χ2n) is 6.28. The van der Waals surface area contributed by atoms with Gasteiger partial charge in [-0.15, -0.1) is 0 Å². The Hall–Kier alpha value is -3.03. The van der Waals surface area contributed by atoms with E-state index >= 15 is 0 Å². The molecule has 1 amide bonds. The van der Waals surface area contributed by atoms with Crippen molar-refractivity contribution in [1.82, 2.24) is 0 Å². The lowest BCUT2D eigenvalue weighted by molar-refractivity contribution is 0.102. The zero-order valence-electron chi connectivity index (χ0n) is 15.8. The maximum atomic E-state index is 12.8. The number of carbonyl (C=O) groups excluding carboxylic acids is 1. The minimum Gasteiger partial charge on any atom is -0.497 e. The summed E-state index contributed by atoms with van der Waals surface area (Å²) in [6.07, 6.45) is 0. The fourth-order valence-corrected chi connectivity index (χ4v) is 4.19. The van der Waals surface area contributed by atoms with Crippen LogP contribution in [0.4, 0.5) is 11.4 Å². The topological polar surface area (TPSA) is 84.5 Å². The van der Waals surface area contributed by atoms with Gasteiger partial charge in [-0.3, -0.25) is 9.52 Å². The minimum absolute atomic E-state index is 0.0602. The number of methoxy groups -OCH3 is 1. The van der Waals surface area contributed by atoms with Gasteiger partial charge in [0.05, 0.1) is 17.7 Å². The molecule has 3 rings (SSSR count). The van der Waals surface area contributed by atoms with Crippen LogP contribution in [-0.2, 0) is 10.0 Å². The molecule has 0 aliphatic carbocycles. The van der Waals surface area contributed by atoms with Crippen molar-refractivity contribution in [2.75, 3.05) is 17.1 Å². The van der Waals surface area contributed by atoms with Crippen LogP contribution in [-0.4, -0.2) is 21.4 Å². The Balaban J connectivity index is 1.84. The van der Waals surface area contributed by atoms with Gasteiger partial charge in [-0.2, -0.15) is 0 Å². The third-order valence-corrected chi connectivity index (χ3v) is 5.92. The van der Waals surface area contributed by atoms with Gasteiger partial charge in [0.25, 0.3) is 15.9 Å². The van der Waals surface area contributed by atoms with Crippen LogP contribution >= 0.6 is 11.6 Å². The van der Waals surface area contributed by atoms with Crippen LogP contribution < -0.4 is 14.8 Å². The van der Waals surface area contributed by atoms with Crippen LogP contribution in [0.25, 0.3) is 0 Å². The van der Waals surface area contributed by atoms with Gasteiger partial charge >= 0.3 is 0 Å². The van der Waals surface area contributed by atoms with Crippen LogP contribution in [0.1, 0.15) is 15.9 Å². The summed E-state index contributed by atoms with van der Waals surface area (Å²) in [6, 6.07) is 17.7. The van der Waals surface area contributed by atoms with Gasteiger partial charge in [0, 0.05) is 16.3 Å². The zero-order valence-corrected chi connectivity index (χ0v) is 17.3. The number of carbonyl (C=O) groups is 1. The Kier molecular flexibility index (Phi) is 6.10. The van der Waals surface area contributed by atoms with E-state index in [0.29, 0.717) is 33.3 Å². The smallest absolute Gasteiger partial charge is 0.262 e. The van der Waals surface area contributed by atoms with E-state index in [4.69, 9.17) is 16.3 Å². The summed E-state index contributed by atoms with van der Waals surface area (Å²) in [5.74, 6) is 0.278. The van der Waals surface area contributed by atoms with Gasteiger partial charge in [-0.25, -0.2) is 8.42 Å². The van der Waals surface area contributed by atoms with Crippen molar-refractivity contribution in [2.45, 2.75) is 11.8 Å². The minimum atomic E-state index is -3.87. The Bertz CT molecular complexity index is 1150. The lowest BCUT2D eigenvalue weighted by atomic mass is 10.2. The molecule has 0 saturated heterocycles. The lowest BCUT2D eigenvalue weighted by Gasteiger charge is -2.13. The maximum Gasteiger partial charge on any atom is 0.262 e. The number of hydrogen-bond donors (Lipinski definition) is 2. The highest BCUT2D eigenvalue weighted by Crippen LogP contribution is 2.24. The van der Waals surface area contributed by atoms with Gasteiger partial charge in [0.1, 0.15) is 5.75 Å². The van der Waals surface area contributed by atoms with E-state index in [1.165, 1.54) is 12.1 Å². The van der Waals surface area contributed by atoms with E-state index in [2.05, 4.69) is 10.0 Å². The molecule has 0 bridgehead atoms. The standard InChI is InChI=1S/C21H19ClN2O4S/c1-14-6-9-17(23-21(25)15-7-10-19(28-2)11-8-15)13-20(14)29(26,27)24-18-5-3-4-16(22)12-18/h3-13,24H,1-2H3,(H,23,25). The van der Waals surface area contributed by atoms with Crippen molar-refractivity contribution in [1.29, 1.82) is 0 Å². The molecule has 0 aromatic heterocycles. The highest BCUT2D eigenvalue weighted by atomic mass is 35.5. The van der Waals surface area contributed by atoms with E-state index < -0.39 is 10.0 Å². The molecular weight excluding hydrogens is 412 g/mol. The summed E-state index contributed by atoms with van der Waals surface area (Å²) < 4.78 is 33.2. The maximum absolute atomic E-state index is 12.8. The van der Waals surface area contributed by atoms with E-state index in [-0.39, 0.29) is 10.8 Å². The summed E-state index contributed by atoms with van der Waals surface area (Å²) in [6.45, 7) is 1.68. The summed E-state index contributed by atoms with van der Waals surface area (Å²) in [7, 11) is -2.33. The van der Waals surface area contributed by atoms with Gasteiger partial charge in [-0.1, -0.05) is 23.7 Å². The van der Waals surface area contributed by atoms with Crippen LogP contribution in [0.2, 0.25) is 5.02 Å². The second kappa shape index (κ2) is 8.55. The van der Waals surface area contributed by atoms with Crippen molar-refractivity contribution >= 4 is 38.9 Å². The molecule has 0 fully saturated rings. The number of benzene rings is 3. The molecular formula is C21H19ClN2O4S. The molecule has 0 saturated carbocycles. The van der Waals surface area contributed by atoms with Gasteiger partial charge in [0.2, 0.25) is 0 Å². The van der Waals surface area contributed by atoms with Crippen LogP contribution in [0.3, 0.4) is 0 Å². The molecule has 150 valence electrons. The number of anilines is 2. The van der Waals surface area contributed by atoms with Crippen molar-refractivity contribution < 1.29 is 17.9 Å². The molecule has 0 unspecified atom stereocenters. The molecule has 0 radical (unpaired) electrons. The first kappa shape index (κ1) is 20.7. The Labute approximate surface area is 174 Å². The van der Waals surface area contributed by atoms with Gasteiger partial charge in [-0.05, 0) is 67.1 Å². The Morgan fingerprint density at radius 2 is 1.69 bits per heavy atom. The van der Waals surface area contributed by atoms with Gasteiger partial charge < -0.3 is 10.1 Å². The molecule has 2 N–H and O–H groups in total. The lowest BCUT2D eigenvalue weighted by Crippen LogP contribution is -2.16. The van der Waals surface area contributed by atoms with Crippen molar-refractivity contribution in [3.8, 4) is 5.75 Å². The molecule has 0 spiro atoms. The SMILES string of the molecule is COc1ccc(C(=O)Nc2ccc(C)c(S(=O)(=O)Nc3cccc(Cl)c3)c2)cc1. The van der Waals surface area contributed by atoms with Crippen LogP contribution in [0.5, 0.6) is 5.75 Å². The average Bonchev–Trinajstić information content (AvgIpc) is 2.69. The highest BCUT2D eigenvalue weighted by molar-refractivity contribution is 7.92. The molecule has 3 aromatic rings. The first-order valence-corrected chi connectivity index (χ1v) is 10.5. The van der Waals surface area contributed by atoms with E-state index in [1.54, 1.807) is 68.6 Å². The monoisotopic (exact) mass is 430 g/mol. The molecule has 0 heterocycles. The third-order valence-electron chi connectivity index (χ3n) is 4.16. The molecule has 29 heavy (non-hydrogen) atoms. The quantitative estimate of drug-likeness (QED) is 0.593. The summed E-state index contributed by atoms with van der Waals surface area (Å²) >= 11 is 5.92. The van der Waals surface area contributed by atoms with E-state index in [1.807, 2.05) is 0 Å². The highest BCUT2D eigenvalue weighted by Gasteiger charge is 2.18. The first-order chi connectivity index (χ1) is 13.8. The molecule has 3 aromatic carbocycles. The summed E-state index contributed by atoms with van der Waals surface area (Å²) in [5, 5.41) is 3.13. The number of rotatable bonds is 6. The molecule has 0 aliphatic heterocycles. The van der Waals surface area contributed by atoms with Crippen LogP contribution in [0, 0.1) is 6.92 Å². The number of hydrogen-bond acceptors (Lipinski definition) is 4. The average molecular weight is 431 g/mol.